The minimum atomic E-state index is -0.560. The number of carbonyl (C=O) groups excluding carboxylic acids is 1. The maximum absolute atomic E-state index is 13.3. The molecule has 1 saturated heterocycles. The van der Waals surface area contributed by atoms with Crippen molar-refractivity contribution in [3.8, 4) is 11.3 Å². The summed E-state index contributed by atoms with van der Waals surface area (Å²) in [5.41, 5.74) is 11.2. The molecule has 164 valence electrons. The highest BCUT2D eigenvalue weighted by molar-refractivity contribution is 8.27. The van der Waals surface area contributed by atoms with E-state index in [2.05, 4.69) is 35.9 Å². The summed E-state index contributed by atoms with van der Waals surface area (Å²) in [4.78, 5) is 22.4. The Bertz CT molecular complexity index is 1050. The molecule has 31 heavy (non-hydrogen) atoms. The van der Waals surface area contributed by atoms with Gasteiger partial charge in [-0.15, -0.1) is 5.10 Å². The first-order chi connectivity index (χ1) is 15.0. The third-order valence-electron chi connectivity index (χ3n) is 5.75. The monoisotopic (exact) mass is 438 g/mol. The molecule has 1 aromatic heterocycles. The number of amides is 1. The number of benzene rings is 1. The van der Waals surface area contributed by atoms with E-state index in [4.69, 9.17) is 10.7 Å². The number of carbonyl (C=O) groups is 1. The van der Waals surface area contributed by atoms with Crippen molar-refractivity contribution >= 4 is 32.6 Å². The molecule has 7 nitrogen and oxygen atoms in total. The Hall–Kier alpha value is -2.71. The van der Waals surface area contributed by atoms with Crippen LogP contribution in [0.4, 0.5) is 0 Å². The van der Waals surface area contributed by atoms with Crippen molar-refractivity contribution in [2.24, 2.45) is 10.8 Å². The zero-order valence-electron chi connectivity index (χ0n) is 18.3. The largest absolute Gasteiger partial charge is 0.377 e. The molecule has 1 fully saturated rings. The molecule has 2 N–H and O–H groups in total. The average Bonchev–Trinajstić information content (AvgIpc) is 3.32. The Morgan fingerprint density at radius 2 is 1.87 bits per heavy atom. The van der Waals surface area contributed by atoms with Gasteiger partial charge in [0, 0.05) is 37.2 Å². The number of fused-ring (bicyclic) bond motifs is 1. The van der Waals surface area contributed by atoms with E-state index >= 15 is 0 Å². The van der Waals surface area contributed by atoms with Crippen LogP contribution in [0, 0.1) is 0 Å². The maximum Gasteiger partial charge on any atom is 0.255 e. The lowest BCUT2D eigenvalue weighted by molar-refractivity contribution is -0.125. The van der Waals surface area contributed by atoms with E-state index in [1.165, 1.54) is 6.42 Å². The fourth-order valence-corrected chi connectivity index (χ4v) is 5.61. The first-order valence-corrected chi connectivity index (χ1v) is 12.2. The Morgan fingerprint density at radius 3 is 2.52 bits per heavy atom. The van der Waals surface area contributed by atoms with Gasteiger partial charge in [-0.25, -0.2) is 9.66 Å². The lowest BCUT2D eigenvalue weighted by Crippen LogP contribution is -2.36. The van der Waals surface area contributed by atoms with Crippen LogP contribution < -0.4 is 5.73 Å². The third kappa shape index (κ3) is 4.09. The van der Waals surface area contributed by atoms with Crippen molar-refractivity contribution in [3.05, 3.63) is 42.6 Å². The molecule has 0 saturated carbocycles. The van der Waals surface area contributed by atoms with Gasteiger partial charge in [0.15, 0.2) is 10.3 Å². The molecule has 0 aliphatic carbocycles. The minimum absolute atomic E-state index is 0.0483. The van der Waals surface area contributed by atoms with E-state index in [1.807, 2.05) is 35.2 Å². The first-order valence-electron chi connectivity index (χ1n) is 10.9. The smallest absolute Gasteiger partial charge is 0.255 e. The fraction of sp³-hybridized carbons (Fsp3) is 0.391. The van der Waals surface area contributed by atoms with Gasteiger partial charge < -0.3 is 10.6 Å². The first kappa shape index (κ1) is 21.5. The molecule has 3 heterocycles. The van der Waals surface area contributed by atoms with E-state index in [0.29, 0.717) is 16.4 Å². The predicted molar refractivity (Wildman–Crippen MR) is 129 cm³/mol. The van der Waals surface area contributed by atoms with Crippen LogP contribution in [0.2, 0.25) is 0 Å². The van der Waals surface area contributed by atoms with Gasteiger partial charge in [-0.3, -0.25) is 9.69 Å². The number of hydrogen-bond donors (Lipinski definition) is 1. The van der Waals surface area contributed by atoms with Gasteiger partial charge in [-0.1, -0.05) is 50.8 Å². The lowest BCUT2D eigenvalue weighted by atomic mass is 10.0. The Kier molecular flexibility index (Phi) is 6.38. The highest BCUT2D eigenvalue weighted by Gasteiger charge is 2.32. The number of amidine groups is 1. The summed E-state index contributed by atoms with van der Waals surface area (Å²) < 4.78 is 1.74. The zero-order valence-corrected chi connectivity index (χ0v) is 19.1. The number of imidazole rings is 1. The van der Waals surface area contributed by atoms with E-state index in [1.54, 1.807) is 4.68 Å². The van der Waals surface area contributed by atoms with Gasteiger partial charge in [0.05, 0.1) is 11.3 Å². The van der Waals surface area contributed by atoms with Crippen LogP contribution in [-0.2, 0) is 4.79 Å². The number of aromatic nitrogens is 2. The molecule has 1 atom stereocenters. The van der Waals surface area contributed by atoms with E-state index in [9.17, 15) is 4.79 Å². The molecule has 0 spiro atoms. The van der Waals surface area contributed by atoms with Crippen molar-refractivity contribution in [2.75, 3.05) is 26.2 Å². The summed E-state index contributed by atoms with van der Waals surface area (Å²) in [7, 11) is -0.560. The van der Waals surface area contributed by atoms with Gasteiger partial charge in [-0.2, -0.15) is 0 Å². The minimum Gasteiger partial charge on any atom is -0.377 e. The second kappa shape index (κ2) is 9.20. The van der Waals surface area contributed by atoms with Crippen LogP contribution in [0.5, 0.6) is 0 Å². The molecule has 1 aromatic carbocycles. The van der Waals surface area contributed by atoms with Gasteiger partial charge in [0.2, 0.25) is 0 Å². The highest BCUT2D eigenvalue weighted by atomic mass is 32.2. The van der Waals surface area contributed by atoms with Crippen LogP contribution in [0.25, 0.3) is 16.8 Å². The lowest BCUT2D eigenvalue weighted by Gasteiger charge is -2.27. The summed E-state index contributed by atoms with van der Waals surface area (Å²) in [6.07, 6.45) is 3.23. The molecule has 2 aromatic rings. The number of piperidine rings is 1. The van der Waals surface area contributed by atoms with Crippen molar-refractivity contribution in [1.29, 1.82) is 0 Å². The van der Waals surface area contributed by atoms with Gasteiger partial charge in [0.1, 0.15) is 5.69 Å². The molecule has 0 radical (unpaired) electrons. The summed E-state index contributed by atoms with van der Waals surface area (Å²) in [6, 6.07) is 9.91. The SMILES string of the molecule is C=C(C(=O)N1CCCCC1)c1c(-c2ccccc2)nc2n1N=C(N)S2=CN(CC)CC. The summed E-state index contributed by atoms with van der Waals surface area (Å²) in [5, 5.41) is 5.88. The van der Waals surface area contributed by atoms with E-state index in [-0.39, 0.29) is 5.91 Å². The van der Waals surface area contributed by atoms with Gasteiger partial charge in [0.25, 0.3) is 5.91 Å². The topological polar surface area (TPSA) is 79.8 Å². The number of rotatable bonds is 6. The second-order valence-corrected chi connectivity index (χ2v) is 9.37. The molecule has 2 aliphatic rings. The van der Waals surface area contributed by atoms with Gasteiger partial charge >= 0.3 is 0 Å². The molecule has 2 aliphatic heterocycles. The average molecular weight is 439 g/mol. The molecule has 0 bridgehead atoms. The predicted octanol–water partition coefficient (Wildman–Crippen LogP) is 3.40. The highest BCUT2D eigenvalue weighted by Crippen LogP contribution is 2.39. The van der Waals surface area contributed by atoms with Crippen LogP contribution in [-0.4, -0.2) is 62.2 Å². The van der Waals surface area contributed by atoms with Crippen LogP contribution in [0.3, 0.4) is 0 Å². The third-order valence-corrected chi connectivity index (χ3v) is 7.45. The summed E-state index contributed by atoms with van der Waals surface area (Å²) >= 11 is 0. The van der Waals surface area contributed by atoms with Crippen molar-refractivity contribution in [3.63, 3.8) is 0 Å². The number of nitrogens with zero attached hydrogens (tertiary/aromatic N) is 5. The molecule has 4 rings (SSSR count). The molecule has 1 unspecified atom stereocenters. The molecule has 8 heteroatoms. The van der Waals surface area contributed by atoms with Crippen LogP contribution in [0.15, 0.2) is 47.2 Å². The Balaban J connectivity index is 1.83. The van der Waals surface area contributed by atoms with E-state index in [0.717, 1.165) is 55.4 Å². The summed E-state index contributed by atoms with van der Waals surface area (Å²) in [6.45, 7) is 11.7. The molecular weight excluding hydrogens is 408 g/mol. The van der Waals surface area contributed by atoms with Crippen molar-refractivity contribution < 1.29 is 4.79 Å². The van der Waals surface area contributed by atoms with Gasteiger partial charge in [-0.05, 0) is 29.7 Å². The maximum atomic E-state index is 13.3. The molecular formula is C23H30N6OS. The Labute approximate surface area is 186 Å². The number of hydrogen-bond acceptors (Lipinski definition) is 4. The number of likely N-dealkylation sites (tertiary alicyclic amines) is 1. The quantitative estimate of drug-likeness (QED) is 0.554. The summed E-state index contributed by atoms with van der Waals surface area (Å²) in [5.74, 6) is -0.0483. The number of nitrogens with two attached hydrogens (primary N) is 1. The standard InChI is InChI=1S/C23H30N6OS/c1-4-27(5-2)16-31-22(24)26-29-20(17(3)21(30)28-14-10-7-11-15-28)19(25-23(29)31)18-12-8-6-9-13-18/h6,8-9,12-13,16H,3-5,7,10-11,14-15H2,1-2H3,(H2,24,26). The second-order valence-electron chi connectivity index (χ2n) is 7.70. The van der Waals surface area contributed by atoms with Crippen molar-refractivity contribution in [2.45, 2.75) is 38.3 Å². The van der Waals surface area contributed by atoms with Crippen LogP contribution >= 0.6 is 10.5 Å². The normalized spacial score (nSPS) is 18.4. The van der Waals surface area contributed by atoms with E-state index < -0.39 is 10.5 Å². The van der Waals surface area contributed by atoms with Crippen LogP contribution in [0.1, 0.15) is 38.8 Å². The zero-order chi connectivity index (χ0) is 22.0. The Morgan fingerprint density at radius 1 is 1.19 bits per heavy atom. The molecule has 1 amide bonds. The fourth-order valence-electron chi connectivity index (χ4n) is 3.94. The van der Waals surface area contributed by atoms with Crippen molar-refractivity contribution in [1.82, 2.24) is 19.5 Å².